The van der Waals surface area contributed by atoms with E-state index in [2.05, 4.69) is 31.7 Å². The van der Waals surface area contributed by atoms with Crippen molar-refractivity contribution in [1.29, 1.82) is 0 Å². The lowest BCUT2D eigenvalue weighted by Gasteiger charge is -2.34. The highest BCUT2D eigenvalue weighted by Crippen LogP contribution is 2.26. The Hall–Kier alpha value is -3.45. The summed E-state index contributed by atoms with van der Waals surface area (Å²) in [5.41, 5.74) is 2.21. The molecular formula is C23H22FN5O. The highest BCUT2D eigenvalue weighted by molar-refractivity contribution is 6.10. The molecule has 30 heavy (non-hydrogen) atoms. The number of ketones is 1. The third kappa shape index (κ3) is 3.97. The lowest BCUT2D eigenvalue weighted by Crippen LogP contribution is -2.46. The van der Waals surface area contributed by atoms with Crippen molar-refractivity contribution in [3.63, 3.8) is 0 Å². The van der Waals surface area contributed by atoms with Crippen molar-refractivity contribution in [2.75, 3.05) is 24.5 Å². The first kappa shape index (κ1) is 19.8. The molecule has 1 unspecified atom stereocenters. The predicted molar refractivity (Wildman–Crippen MR) is 114 cm³/mol. The minimum absolute atomic E-state index is 0.0487. The molecule has 0 radical (unpaired) electrons. The number of aryl methyl sites for hydroxylation is 1. The summed E-state index contributed by atoms with van der Waals surface area (Å²) < 4.78 is 14.1. The molecule has 1 fully saturated rings. The average molecular weight is 403 g/mol. The van der Waals surface area contributed by atoms with Gasteiger partial charge in [0.2, 0.25) is 5.78 Å². The number of pyridine rings is 3. The number of anilines is 1. The van der Waals surface area contributed by atoms with Crippen LogP contribution in [0.3, 0.4) is 0 Å². The largest absolute Gasteiger partial charge is 0.353 e. The predicted octanol–water partition coefficient (Wildman–Crippen LogP) is 3.50. The molecule has 1 aliphatic heterocycles. The van der Waals surface area contributed by atoms with E-state index in [0.717, 1.165) is 18.7 Å². The van der Waals surface area contributed by atoms with E-state index in [4.69, 9.17) is 0 Å². The van der Waals surface area contributed by atoms with E-state index in [1.807, 2.05) is 18.3 Å². The molecule has 7 heteroatoms. The van der Waals surface area contributed by atoms with E-state index in [-0.39, 0.29) is 23.1 Å². The summed E-state index contributed by atoms with van der Waals surface area (Å²) in [4.78, 5) is 28.2. The highest BCUT2D eigenvalue weighted by atomic mass is 19.1. The number of halogens is 1. The number of nitrogens with zero attached hydrogens (tertiary/aromatic N) is 4. The van der Waals surface area contributed by atoms with Crippen molar-refractivity contribution in [1.82, 2.24) is 20.3 Å². The van der Waals surface area contributed by atoms with Crippen LogP contribution in [0.1, 0.15) is 38.9 Å². The van der Waals surface area contributed by atoms with E-state index in [1.165, 1.54) is 0 Å². The van der Waals surface area contributed by atoms with Crippen LogP contribution in [-0.4, -0.2) is 40.4 Å². The van der Waals surface area contributed by atoms with Gasteiger partial charge in [0.25, 0.3) is 0 Å². The smallest absolute Gasteiger partial charge is 0.213 e. The van der Waals surface area contributed by atoms with Crippen LogP contribution in [0.15, 0.2) is 61.6 Å². The fourth-order valence-electron chi connectivity index (χ4n) is 3.63. The fourth-order valence-corrected chi connectivity index (χ4v) is 3.63. The summed E-state index contributed by atoms with van der Waals surface area (Å²) in [6.45, 7) is 7.26. The highest BCUT2D eigenvalue weighted by Gasteiger charge is 2.25. The second-order valence-electron chi connectivity index (χ2n) is 7.18. The molecule has 4 heterocycles. The molecule has 0 aliphatic carbocycles. The molecule has 1 saturated heterocycles. The molecule has 3 aromatic heterocycles. The standard InChI is InChI=1S/C23H22FN5O/c1-15(24)18-7-8-21(28-22(18)23(30)19-6-4-10-26-16(19)2)29-12-11-27-20(14-29)17-5-3-9-25-13-17/h3-10,13,20,27H,1,11-12,14H2,2H3. The summed E-state index contributed by atoms with van der Waals surface area (Å²) in [5.74, 6) is -0.428. The van der Waals surface area contributed by atoms with Crippen molar-refractivity contribution >= 4 is 17.4 Å². The van der Waals surface area contributed by atoms with Crippen LogP contribution >= 0.6 is 0 Å². The van der Waals surface area contributed by atoms with Crippen LogP contribution < -0.4 is 10.2 Å². The molecule has 3 aromatic rings. The van der Waals surface area contributed by atoms with Crippen molar-refractivity contribution in [3.8, 4) is 0 Å². The van der Waals surface area contributed by atoms with Crippen LogP contribution in [0.25, 0.3) is 5.83 Å². The molecule has 0 amide bonds. The Labute approximate surface area is 174 Å². The lowest BCUT2D eigenvalue weighted by atomic mass is 10.0. The van der Waals surface area contributed by atoms with Crippen LogP contribution in [0, 0.1) is 6.92 Å². The second-order valence-corrected chi connectivity index (χ2v) is 7.18. The summed E-state index contributed by atoms with van der Waals surface area (Å²) in [7, 11) is 0. The van der Waals surface area contributed by atoms with E-state index < -0.39 is 5.83 Å². The molecule has 1 aliphatic rings. The second kappa shape index (κ2) is 8.51. The van der Waals surface area contributed by atoms with E-state index >= 15 is 0 Å². The molecule has 4 rings (SSSR count). The van der Waals surface area contributed by atoms with Gasteiger partial charge < -0.3 is 10.2 Å². The van der Waals surface area contributed by atoms with Gasteiger partial charge in [-0.05, 0) is 42.8 Å². The lowest BCUT2D eigenvalue weighted by molar-refractivity contribution is 0.103. The molecule has 0 bridgehead atoms. The minimum atomic E-state index is -0.688. The van der Waals surface area contributed by atoms with Crippen LogP contribution in [0.4, 0.5) is 10.2 Å². The zero-order chi connectivity index (χ0) is 21.1. The summed E-state index contributed by atoms with van der Waals surface area (Å²) in [6, 6.07) is 10.7. The average Bonchev–Trinajstić information content (AvgIpc) is 2.79. The number of hydrogen-bond acceptors (Lipinski definition) is 6. The van der Waals surface area contributed by atoms with Crippen LogP contribution in [-0.2, 0) is 0 Å². The number of carbonyl (C=O) groups excluding carboxylic acids is 1. The van der Waals surface area contributed by atoms with Crippen LogP contribution in [0.5, 0.6) is 0 Å². The van der Waals surface area contributed by atoms with Gasteiger partial charge in [-0.1, -0.05) is 12.6 Å². The summed E-state index contributed by atoms with van der Waals surface area (Å²) in [5, 5.41) is 3.48. The van der Waals surface area contributed by atoms with Crippen molar-refractivity contribution in [2.45, 2.75) is 13.0 Å². The molecule has 1 atom stereocenters. The molecule has 6 nitrogen and oxygen atoms in total. The Kier molecular flexibility index (Phi) is 5.63. The first-order valence-electron chi connectivity index (χ1n) is 9.75. The van der Waals surface area contributed by atoms with E-state index in [9.17, 15) is 9.18 Å². The number of hydrogen-bond donors (Lipinski definition) is 1. The maximum atomic E-state index is 14.1. The fraction of sp³-hybridized carbons (Fsp3) is 0.217. The van der Waals surface area contributed by atoms with E-state index in [0.29, 0.717) is 23.6 Å². The summed E-state index contributed by atoms with van der Waals surface area (Å²) in [6.07, 6.45) is 5.20. The Bertz CT molecular complexity index is 1090. The van der Waals surface area contributed by atoms with Gasteiger partial charge in [-0.15, -0.1) is 0 Å². The van der Waals surface area contributed by atoms with Gasteiger partial charge in [0.1, 0.15) is 17.3 Å². The molecule has 0 saturated carbocycles. The minimum Gasteiger partial charge on any atom is -0.353 e. The normalized spacial score (nSPS) is 16.3. The summed E-state index contributed by atoms with van der Waals surface area (Å²) >= 11 is 0. The monoisotopic (exact) mass is 403 g/mol. The molecule has 0 spiro atoms. The van der Waals surface area contributed by atoms with Crippen molar-refractivity contribution in [2.24, 2.45) is 0 Å². The third-order valence-corrected chi connectivity index (χ3v) is 5.23. The number of piperazine rings is 1. The SMILES string of the molecule is C=C(F)c1ccc(N2CCNC(c3cccnc3)C2)nc1C(=O)c1cccnc1C. The quantitative estimate of drug-likeness (QED) is 0.658. The first-order chi connectivity index (χ1) is 14.5. The van der Waals surface area contributed by atoms with Gasteiger partial charge >= 0.3 is 0 Å². The zero-order valence-corrected chi connectivity index (χ0v) is 16.7. The van der Waals surface area contributed by atoms with Crippen molar-refractivity contribution in [3.05, 3.63) is 89.6 Å². The first-order valence-corrected chi connectivity index (χ1v) is 9.75. The van der Waals surface area contributed by atoms with Gasteiger partial charge in [0.15, 0.2) is 0 Å². The Morgan fingerprint density at radius 2 is 2.03 bits per heavy atom. The molecule has 1 N–H and O–H groups in total. The van der Waals surface area contributed by atoms with Gasteiger partial charge in [0.05, 0.1) is 6.04 Å². The van der Waals surface area contributed by atoms with Crippen molar-refractivity contribution < 1.29 is 9.18 Å². The zero-order valence-electron chi connectivity index (χ0n) is 16.7. The Balaban J connectivity index is 1.68. The maximum absolute atomic E-state index is 14.1. The molecule has 152 valence electrons. The van der Waals surface area contributed by atoms with Gasteiger partial charge in [-0.3, -0.25) is 14.8 Å². The Morgan fingerprint density at radius 1 is 1.20 bits per heavy atom. The van der Waals surface area contributed by atoms with E-state index in [1.54, 1.807) is 43.6 Å². The topological polar surface area (TPSA) is 71.0 Å². The number of nitrogens with one attached hydrogen (secondary N) is 1. The van der Waals surface area contributed by atoms with Gasteiger partial charge in [-0.2, -0.15) is 0 Å². The van der Waals surface area contributed by atoms with Crippen LogP contribution in [0.2, 0.25) is 0 Å². The maximum Gasteiger partial charge on any atom is 0.213 e. The molecular weight excluding hydrogens is 381 g/mol. The third-order valence-electron chi connectivity index (χ3n) is 5.23. The van der Waals surface area contributed by atoms with Gasteiger partial charge in [0, 0.05) is 55.0 Å². The number of rotatable bonds is 5. The number of carbonyl (C=O) groups is 1. The Morgan fingerprint density at radius 3 is 2.77 bits per heavy atom. The van der Waals surface area contributed by atoms with Gasteiger partial charge in [-0.25, -0.2) is 9.37 Å². The molecule has 0 aromatic carbocycles. The number of aromatic nitrogens is 3.